The quantitative estimate of drug-likeness (QED) is 0.326. The number of aryl methyl sites for hydroxylation is 1. The van der Waals surface area contributed by atoms with E-state index in [2.05, 4.69) is 21.2 Å². The number of nitrogens with zero attached hydrogens (tertiary/aromatic N) is 1. The molecule has 0 saturated heterocycles. The molecule has 10 heteroatoms. The molecule has 1 aliphatic rings. The third kappa shape index (κ3) is 5.01. The van der Waals surface area contributed by atoms with Crippen LogP contribution in [-0.2, 0) is 15.8 Å². The van der Waals surface area contributed by atoms with Gasteiger partial charge >= 0.3 is 6.18 Å². The fourth-order valence-electron chi connectivity index (χ4n) is 3.20. The van der Waals surface area contributed by atoms with Crippen LogP contribution in [0.15, 0.2) is 86.7 Å². The lowest BCUT2D eigenvalue weighted by molar-refractivity contribution is -0.137. The SMILES string of the molecule is Cc1ccc(SC2=C(Nc3ccc(Br)cc3)C(=O)N(c3cc(C(F)(F)F)ccc3Cl)C2=O)cc1. The summed E-state index contributed by atoms with van der Waals surface area (Å²) in [7, 11) is 0. The van der Waals surface area contributed by atoms with Crippen LogP contribution in [0.4, 0.5) is 24.5 Å². The number of benzene rings is 3. The smallest absolute Gasteiger partial charge is 0.350 e. The van der Waals surface area contributed by atoms with Gasteiger partial charge in [0.05, 0.1) is 16.3 Å². The number of thioether (sulfide) groups is 1. The summed E-state index contributed by atoms with van der Waals surface area (Å²) in [5, 5.41) is 2.80. The van der Waals surface area contributed by atoms with E-state index in [0.29, 0.717) is 21.5 Å². The van der Waals surface area contributed by atoms with Crippen molar-refractivity contribution in [1.29, 1.82) is 0 Å². The zero-order valence-corrected chi connectivity index (χ0v) is 20.6. The molecular weight excluding hydrogens is 553 g/mol. The Hall–Kier alpha value is -2.75. The van der Waals surface area contributed by atoms with E-state index < -0.39 is 23.6 Å². The highest BCUT2D eigenvalue weighted by Gasteiger charge is 2.42. The van der Waals surface area contributed by atoms with E-state index in [4.69, 9.17) is 11.6 Å². The van der Waals surface area contributed by atoms with Crippen LogP contribution in [0.2, 0.25) is 5.02 Å². The maximum atomic E-state index is 13.4. The summed E-state index contributed by atoms with van der Waals surface area (Å²) >= 11 is 10.5. The van der Waals surface area contributed by atoms with E-state index in [9.17, 15) is 22.8 Å². The fraction of sp³-hybridized carbons (Fsp3) is 0.0833. The van der Waals surface area contributed by atoms with E-state index in [1.165, 1.54) is 0 Å². The van der Waals surface area contributed by atoms with Crippen molar-refractivity contribution in [1.82, 2.24) is 0 Å². The van der Waals surface area contributed by atoms with Crippen LogP contribution in [0.25, 0.3) is 0 Å². The van der Waals surface area contributed by atoms with E-state index in [0.717, 1.165) is 33.9 Å². The lowest BCUT2D eigenvalue weighted by Gasteiger charge is -2.18. The number of hydrogen-bond acceptors (Lipinski definition) is 4. The minimum Gasteiger partial charge on any atom is -0.350 e. The first-order valence-corrected chi connectivity index (χ1v) is 11.8. The zero-order chi connectivity index (χ0) is 24.6. The molecule has 0 bridgehead atoms. The molecule has 0 aliphatic carbocycles. The summed E-state index contributed by atoms with van der Waals surface area (Å²) < 4.78 is 40.7. The van der Waals surface area contributed by atoms with Gasteiger partial charge in [0.2, 0.25) is 0 Å². The van der Waals surface area contributed by atoms with Crippen molar-refractivity contribution in [2.75, 3.05) is 10.2 Å². The highest BCUT2D eigenvalue weighted by Crippen LogP contribution is 2.42. The average molecular weight is 568 g/mol. The van der Waals surface area contributed by atoms with Gasteiger partial charge in [-0.05, 0) is 61.5 Å². The highest BCUT2D eigenvalue weighted by atomic mass is 79.9. The van der Waals surface area contributed by atoms with Gasteiger partial charge in [-0.3, -0.25) is 9.59 Å². The Kier molecular flexibility index (Phi) is 6.80. The van der Waals surface area contributed by atoms with Crippen molar-refractivity contribution in [2.45, 2.75) is 18.0 Å². The molecule has 1 heterocycles. The lowest BCUT2D eigenvalue weighted by Crippen LogP contribution is -2.33. The van der Waals surface area contributed by atoms with Crippen LogP contribution in [0.1, 0.15) is 11.1 Å². The van der Waals surface area contributed by atoms with Crippen LogP contribution < -0.4 is 10.2 Å². The number of carbonyl (C=O) groups is 2. The van der Waals surface area contributed by atoms with Gasteiger partial charge in [-0.25, -0.2) is 4.90 Å². The average Bonchev–Trinajstić information content (AvgIpc) is 3.00. The Bertz CT molecular complexity index is 1240. The summed E-state index contributed by atoms with van der Waals surface area (Å²) in [6.07, 6.45) is -4.67. The molecule has 4 rings (SSSR count). The topological polar surface area (TPSA) is 49.4 Å². The molecule has 4 nitrogen and oxygen atoms in total. The first-order chi connectivity index (χ1) is 16.0. The molecule has 3 aromatic rings. The van der Waals surface area contributed by atoms with Crippen molar-refractivity contribution >= 4 is 62.5 Å². The van der Waals surface area contributed by atoms with E-state index in [-0.39, 0.29) is 21.3 Å². The van der Waals surface area contributed by atoms with Crippen LogP contribution in [-0.4, -0.2) is 11.8 Å². The predicted molar refractivity (Wildman–Crippen MR) is 131 cm³/mol. The minimum absolute atomic E-state index is 0.0465. The molecule has 0 fully saturated rings. The predicted octanol–water partition coefficient (Wildman–Crippen LogP) is 7.42. The van der Waals surface area contributed by atoms with Gasteiger partial charge in [-0.15, -0.1) is 0 Å². The molecule has 34 heavy (non-hydrogen) atoms. The monoisotopic (exact) mass is 566 g/mol. The minimum atomic E-state index is -4.67. The molecule has 1 N–H and O–H groups in total. The molecule has 3 aromatic carbocycles. The summed E-state index contributed by atoms with van der Waals surface area (Å²) in [6, 6.07) is 16.7. The molecule has 0 aromatic heterocycles. The van der Waals surface area contributed by atoms with Gasteiger partial charge in [0.25, 0.3) is 11.8 Å². The molecule has 0 saturated carbocycles. The van der Waals surface area contributed by atoms with Gasteiger partial charge in [-0.2, -0.15) is 13.2 Å². The Morgan fingerprint density at radius 2 is 1.59 bits per heavy atom. The standard InChI is InChI=1S/C24H15BrClF3N2O2S/c1-13-2-9-17(10-3-13)34-21-20(30-16-7-5-15(25)6-8-16)22(32)31(23(21)33)19-12-14(24(27,28)29)4-11-18(19)26/h2-12,30H,1H3. The number of imide groups is 1. The molecule has 0 atom stereocenters. The van der Waals surface area contributed by atoms with Gasteiger partial charge in [0.1, 0.15) is 10.6 Å². The van der Waals surface area contributed by atoms with Gasteiger partial charge in [0, 0.05) is 15.1 Å². The van der Waals surface area contributed by atoms with Crippen molar-refractivity contribution in [2.24, 2.45) is 0 Å². The third-order valence-electron chi connectivity index (χ3n) is 4.91. The summed E-state index contributed by atoms with van der Waals surface area (Å²) in [6.45, 7) is 1.91. The summed E-state index contributed by atoms with van der Waals surface area (Å²) in [5.41, 5.74) is 0.137. The zero-order valence-electron chi connectivity index (χ0n) is 17.4. The molecule has 0 spiro atoms. The van der Waals surface area contributed by atoms with E-state index in [1.807, 2.05) is 19.1 Å². The second-order valence-corrected chi connectivity index (χ2v) is 9.77. The Balaban J connectivity index is 1.78. The number of nitrogens with one attached hydrogen (secondary N) is 1. The van der Waals surface area contributed by atoms with Gasteiger partial charge in [-0.1, -0.05) is 57.0 Å². The molecular formula is C24H15BrClF3N2O2S. The molecule has 2 amide bonds. The second kappa shape index (κ2) is 9.48. The van der Waals surface area contributed by atoms with Gasteiger partial charge < -0.3 is 5.32 Å². The van der Waals surface area contributed by atoms with Crippen LogP contribution in [0, 0.1) is 6.92 Å². The van der Waals surface area contributed by atoms with Crippen molar-refractivity contribution in [3.05, 3.63) is 98.0 Å². The Labute approximate surface area is 210 Å². The van der Waals surface area contributed by atoms with Crippen LogP contribution >= 0.6 is 39.3 Å². The molecule has 0 radical (unpaired) electrons. The molecule has 174 valence electrons. The first kappa shape index (κ1) is 24.4. The maximum absolute atomic E-state index is 13.4. The van der Waals surface area contributed by atoms with E-state index >= 15 is 0 Å². The normalized spacial score (nSPS) is 14.2. The summed E-state index contributed by atoms with van der Waals surface area (Å²) in [5.74, 6) is -1.57. The number of halogens is 5. The van der Waals surface area contributed by atoms with Gasteiger partial charge in [0.15, 0.2) is 0 Å². The number of amides is 2. The first-order valence-electron chi connectivity index (χ1n) is 9.81. The van der Waals surface area contributed by atoms with Crippen LogP contribution in [0.3, 0.4) is 0 Å². The Morgan fingerprint density at radius 1 is 0.941 bits per heavy atom. The van der Waals surface area contributed by atoms with Crippen LogP contribution in [0.5, 0.6) is 0 Å². The molecule has 1 aliphatic heterocycles. The number of anilines is 2. The fourth-order valence-corrected chi connectivity index (χ4v) is 4.59. The second-order valence-electron chi connectivity index (χ2n) is 7.36. The number of carbonyl (C=O) groups excluding carboxylic acids is 2. The summed E-state index contributed by atoms with van der Waals surface area (Å²) in [4.78, 5) is 28.2. The van der Waals surface area contributed by atoms with E-state index in [1.54, 1.807) is 36.4 Å². The number of alkyl halides is 3. The molecule has 0 unspecified atom stereocenters. The number of hydrogen-bond donors (Lipinski definition) is 1. The largest absolute Gasteiger partial charge is 0.416 e. The van der Waals surface area contributed by atoms with Crippen molar-refractivity contribution in [3.63, 3.8) is 0 Å². The number of rotatable bonds is 5. The third-order valence-corrected chi connectivity index (χ3v) is 6.85. The lowest BCUT2D eigenvalue weighted by atomic mass is 10.2. The highest BCUT2D eigenvalue weighted by molar-refractivity contribution is 9.10. The Morgan fingerprint density at radius 3 is 2.21 bits per heavy atom. The van der Waals surface area contributed by atoms with Crippen molar-refractivity contribution in [3.8, 4) is 0 Å². The van der Waals surface area contributed by atoms with Crippen molar-refractivity contribution < 1.29 is 22.8 Å². The maximum Gasteiger partial charge on any atom is 0.416 e.